The number of anilines is 1. The lowest BCUT2D eigenvalue weighted by Gasteiger charge is -2.23. The third-order valence-electron chi connectivity index (χ3n) is 4.89. The van der Waals surface area contributed by atoms with E-state index in [0.29, 0.717) is 62.1 Å². The molecule has 0 bridgehead atoms. The summed E-state index contributed by atoms with van der Waals surface area (Å²) in [5, 5.41) is 0. The molecule has 2 aromatic rings. The van der Waals surface area contributed by atoms with Gasteiger partial charge in [-0.15, -0.1) is 0 Å². The van der Waals surface area contributed by atoms with E-state index in [2.05, 4.69) is 4.98 Å². The lowest BCUT2D eigenvalue weighted by Crippen LogP contribution is -2.35. The lowest BCUT2D eigenvalue weighted by atomic mass is 10.1. The van der Waals surface area contributed by atoms with E-state index in [4.69, 9.17) is 9.47 Å². The molecule has 3 rings (SSSR count). The maximum absolute atomic E-state index is 13.0. The highest BCUT2D eigenvalue weighted by Gasteiger charge is 2.31. The van der Waals surface area contributed by atoms with Crippen LogP contribution in [0.25, 0.3) is 0 Å². The fraction of sp³-hybridized carbons (Fsp3) is 0.429. The van der Waals surface area contributed by atoms with Gasteiger partial charge in [0, 0.05) is 37.9 Å². The molecule has 2 heterocycles. The number of nitrogens with zero attached hydrogens (tertiary/aromatic N) is 3. The molecular weight excluding hydrogens is 399 g/mol. The van der Waals surface area contributed by atoms with Crippen LogP contribution >= 0.6 is 0 Å². The van der Waals surface area contributed by atoms with Gasteiger partial charge in [-0.25, -0.2) is 4.98 Å². The van der Waals surface area contributed by atoms with Gasteiger partial charge in [-0.3, -0.25) is 4.79 Å². The van der Waals surface area contributed by atoms with E-state index >= 15 is 0 Å². The molecule has 1 aliphatic rings. The number of aromatic nitrogens is 1. The molecule has 30 heavy (non-hydrogen) atoms. The number of carbonyl (C=O) groups is 1. The van der Waals surface area contributed by atoms with Gasteiger partial charge in [0.05, 0.1) is 19.3 Å². The van der Waals surface area contributed by atoms with Crippen molar-refractivity contribution in [2.45, 2.75) is 19.5 Å². The quantitative estimate of drug-likeness (QED) is 0.731. The van der Waals surface area contributed by atoms with Gasteiger partial charge in [-0.1, -0.05) is 0 Å². The van der Waals surface area contributed by atoms with Crippen molar-refractivity contribution < 1.29 is 27.4 Å². The van der Waals surface area contributed by atoms with Gasteiger partial charge in [0.25, 0.3) is 5.91 Å². The normalized spacial score (nSPS) is 15.0. The average molecular weight is 423 g/mol. The third kappa shape index (κ3) is 4.95. The molecule has 0 radical (unpaired) electrons. The number of hydrogen-bond acceptors (Lipinski definition) is 5. The van der Waals surface area contributed by atoms with Crippen LogP contribution in [0, 0.1) is 0 Å². The van der Waals surface area contributed by atoms with Crippen molar-refractivity contribution in [1.82, 2.24) is 9.88 Å². The first-order valence-corrected chi connectivity index (χ1v) is 9.71. The molecule has 6 nitrogen and oxygen atoms in total. The van der Waals surface area contributed by atoms with Gasteiger partial charge in [0.1, 0.15) is 5.82 Å². The SMILES string of the molecule is CCOc1ccc(C(=O)N2CCCN(c3ccc(C(F)(F)F)cn3)CC2)cc1OC. The molecule has 0 unspecified atom stereocenters. The summed E-state index contributed by atoms with van der Waals surface area (Å²) in [7, 11) is 1.52. The standard InChI is InChI=1S/C21H24F3N3O3/c1-3-30-17-7-5-15(13-18(17)29-2)20(28)27-10-4-9-26(11-12-27)19-8-6-16(14-25-19)21(22,23)24/h5-8,13-14H,3-4,9-12H2,1-2H3. The summed E-state index contributed by atoms with van der Waals surface area (Å²) in [4.78, 5) is 20.5. The molecule has 0 aliphatic carbocycles. The largest absolute Gasteiger partial charge is 0.493 e. The second-order valence-electron chi connectivity index (χ2n) is 6.83. The maximum Gasteiger partial charge on any atom is 0.417 e. The molecule has 1 aliphatic heterocycles. The Morgan fingerprint density at radius 1 is 1.10 bits per heavy atom. The van der Waals surface area contributed by atoms with Crippen LogP contribution in [0.1, 0.15) is 29.3 Å². The summed E-state index contributed by atoms with van der Waals surface area (Å²) in [6.07, 6.45) is -2.88. The van der Waals surface area contributed by atoms with Gasteiger partial charge in [-0.2, -0.15) is 13.2 Å². The summed E-state index contributed by atoms with van der Waals surface area (Å²) in [6, 6.07) is 7.48. The first kappa shape index (κ1) is 21.7. The molecule has 1 aromatic heterocycles. The summed E-state index contributed by atoms with van der Waals surface area (Å²) < 4.78 is 49.0. The van der Waals surface area contributed by atoms with Crippen LogP contribution in [-0.2, 0) is 6.18 Å². The highest BCUT2D eigenvalue weighted by Crippen LogP contribution is 2.30. The lowest BCUT2D eigenvalue weighted by molar-refractivity contribution is -0.137. The number of carbonyl (C=O) groups excluding carboxylic acids is 1. The first-order valence-electron chi connectivity index (χ1n) is 9.71. The fourth-order valence-electron chi connectivity index (χ4n) is 3.35. The van der Waals surface area contributed by atoms with Gasteiger partial charge >= 0.3 is 6.18 Å². The van der Waals surface area contributed by atoms with Crippen molar-refractivity contribution >= 4 is 11.7 Å². The summed E-state index contributed by atoms with van der Waals surface area (Å²) >= 11 is 0. The molecule has 9 heteroatoms. The minimum atomic E-state index is -4.41. The number of methoxy groups -OCH3 is 1. The van der Waals surface area contributed by atoms with E-state index in [9.17, 15) is 18.0 Å². The second-order valence-corrected chi connectivity index (χ2v) is 6.83. The number of pyridine rings is 1. The Labute approximate surface area is 173 Å². The molecule has 1 saturated heterocycles. The zero-order valence-electron chi connectivity index (χ0n) is 16.9. The average Bonchev–Trinajstić information content (AvgIpc) is 2.99. The molecule has 162 valence electrons. The minimum Gasteiger partial charge on any atom is -0.493 e. The Bertz CT molecular complexity index is 872. The Balaban J connectivity index is 1.68. The predicted molar refractivity (Wildman–Crippen MR) is 106 cm³/mol. The number of hydrogen-bond donors (Lipinski definition) is 0. The van der Waals surface area contributed by atoms with Crippen LogP contribution in [0.2, 0.25) is 0 Å². The smallest absolute Gasteiger partial charge is 0.417 e. The van der Waals surface area contributed by atoms with Crippen LogP contribution < -0.4 is 14.4 Å². The van der Waals surface area contributed by atoms with Crippen LogP contribution in [0.5, 0.6) is 11.5 Å². The second kappa shape index (κ2) is 9.23. The first-order chi connectivity index (χ1) is 14.3. The predicted octanol–water partition coefficient (Wildman–Crippen LogP) is 3.86. The topological polar surface area (TPSA) is 54.9 Å². The van der Waals surface area contributed by atoms with E-state index in [1.54, 1.807) is 23.1 Å². The molecule has 0 spiro atoms. The Hall–Kier alpha value is -2.97. The minimum absolute atomic E-state index is 0.126. The van der Waals surface area contributed by atoms with Crippen molar-refractivity contribution in [1.29, 1.82) is 0 Å². The fourth-order valence-corrected chi connectivity index (χ4v) is 3.35. The van der Waals surface area contributed by atoms with Crippen molar-refractivity contribution in [3.05, 3.63) is 47.7 Å². The van der Waals surface area contributed by atoms with Crippen molar-refractivity contribution in [3.8, 4) is 11.5 Å². The summed E-state index contributed by atoms with van der Waals surface area (Å²) in [6.45, 7) is 4.44. The Morgan fingerprint density at radius 3 is 2.53 bits per heavy atom. The number of ether oxygens (including phenoxy) is 2. The summed E-state index contributed by atoms with van der Waals surface area (Å²) in [5.74, 6) is 1.42. The third-order valence-corrected chi connectivity index (χ3v) is 4.89. The van der Waals surface area contributed by atoms with Gasteiger partial charge in [0.15, 0.2) is 11.5 Å². The Kier molecular flexibility index (Phi) is 6.69. The molecular formula is C21H24F3N3O3. The van der Waals surface area contributed by atoms with E-state index in [1.807, 2.05) is 11.8 Å². The monoisotopic (exact) mass is 423 g/mol. The molecule has 0 saturated carbocycles. The highest BCUT2D eigenvalue weighted by molar-refractivity contribution is 5.95. The zero-order valence-corrected chi connectivity index (χ0v) is 16.9. The van der Waals surface area contributed by atoms with Crippen molar-refractivity contribution in [3.63, 3.8) is 0 Å². The number of benzene rings is 1. The zero-order chi connectivity index (χ0) is 21.7. The molecule has 0 N–H and O–H groups in total. The Morgan fingerprint density at radius 2 is 1.90 bits per heavy atom. The van der Waals surface area contributed by atoms with E-state index in [-0.39, 0.29) is 5.91 Å². The number of rotatable bonds is 5. The number of alkyl halides is 3. The van der Waals surface area contributed by atoms with Crippen LogP contribution in [0.15, 0.2) is 36.5 Å². The van der Waals surface area contributed by atoms with Gasteiger partial charge in [-0.05, 0) is 43.7 Å². The molecule has 1 amide bonds. The highest BCUT2D eigenvalue weighted by atomic mass is 19.4. The number of amides is 1. The molecule has 0 atom stereocenters. The number of halogens is 3. The van der Waals surface area contributed by atoms with E-state index in [0.717, 1.165) is 12.3 Å². The van der Waals surface area contributed by atoms with Crippen LogP contribution in [-0.4, -0.2) is 55.7 Å². The van der Waals surface area contributed by atoms with Crippen molar-refractivity contribution in [2.75, 3.05) is 44.8 Å². The molecule has 1 aromatic carbocycles. The van der Waals surface area contributed by atoms with Gasteiger partial charge in [0.2, 0.25) is 0 Å². The summed E-state index contributed by atoms with van der Waals surface area (Å²) in [5.41, 5.74) is -0.279. The van der Waals surface area contributed by atoms with E-state index in [1.165, 1.54) is 13.2 Å². The van der Waals surface area contributed by atoms with Crippen molar-refractivity contribution in [2.24, 2.45) is 0 Å². The van der Waals surface area contributed by atoms with E-state index < -0.39 is 11.7 Å². The maximum atomic E-state index is 13.0. The van der Waals surface area contributed by atoms with Crippen LogP contribution in [0.3, 0.4) is 0 Å². The van der Waals surface area contributed by atoms with Crippen LogP contribution in [0.4, 0.5) is 19.0 Å². The molecule has 1 fully saturated rings. The van der Waals surface area contributed by atoms with Gasteiger partial charge < -0.3 is 19.3 Å².